The lowest BCUT2D eigenvalue weighted by atomic mass is 10.1. The molecule has 0 bridgehead atoms. The van der Waals surface area contributed by atoms with Crippen molar-refractivity contribution in [3.8, 4) is 11.4 Å². The largest absolute Gasteiger partial charge is 0.435 e. The molecule has 1 aliphatic carbocycles. The van der Waals surface area contributed by atoms with E-state index >= 15 is 0 Å². The highest BCUT2D eigenvalue weighted by Gasteiger charge is 2.47. The molecule has 14 heteroatoms. The fraction of sp³-hybridized carbons (Fsp3) is 0.353. The van der Waals surface area contributed by atoms with Crippen LogP contribution in [-0.2, 0) is 32.4 Å². The van der Waals surface area contributed by atoms with Crippen LogP contribution in [0.15, 0.2) is 35.4 Å². The number of nitrogens with one attached hydrogen (secondary N) is 1. The van der Waals surface area contributed by atoms with E-state index in [1.165, 1.54) is 31.3 Å². The summed E-state index contributed by atoms with van der Waals surface area (Å²) >= 11 is 0. The zero-order valence-electron chi connectivity index (χ0n) is 15.9. The quantitative estimate of drug-likeness (QED) is 0.520. The molecule has 0 spiro atoms. The molecule has 1 N–H and O–H groups in total. The summed E-state index contributed by atoms with van der Waals surface area (Å²) in [5, 5.41) is 3.42. The number of halogens is 3. The average Bonchev–Trinajstić information content (AvgIpc) is 3.33. The monoisotopic (exact) mass is 475 g/mol. The minimum absolute atomic E-state index is 0.0253. The van der Waals surface area contributed by atoms with Gasteiger partial charge in [-0.25, -0.2) is 36.0 Å². The van der Waals surface area contributed by atoms with E-state index in [-0.39, 0.29) is 27.7 Å². The zero-order chi connectivity index (χ0) is 22.6. The summed E-state index contributed by atoms with van der Waals surface area (Å²) in [6.07, 6.45) is -2.48. The average molecular weight is 475 g/mol. The van der Waals surface area contributed by atoms with Crippen molar-refractivity contribution in [1.82, 2.24) is 24.3 Å². The molecule has 3 heterocycles. The van der Waals surface area contributed by atoms with Crippen LogP contribution in [0.3, 0.4) is 0 Å². The molecule has 0 aliphatic heterocycles. The first-order chi connectivity index (χ1) is 14.4. The number of hydrogen-bond acceptors (Lipinski definition) is 7. The second kappa shape index (κ2) is 7.24. The Kier molecular flexibility index (Phi) is 5.05. The molecule has 0 radical (unpaired) electrons. The number of alkyl halides is 3. The summed E-state index contributed by atoms with van der Waals surface area (Å²) in [6, 6.07) is 4.80. The van der Waals surface area contributed by atoms with E-state index in [0.717, 1.165) is 10.6 Å². The lowest BCUT2D eigenvalue weighted by Gasteiger charge is -2.16. The molecule has 4 rings (SSSR count). The molecule has 1 aliphatic rings. The summed E-state index contributed by atoms with van der Waals surface area (Å²) in [5.41, 5.74) is -1.94. The van der Waals surface area contributed by atoms with E-state index < -0.39 is 38.1 Å². The van der Waals surface area contributed by atoms with E-state index in [2.05, 4.69) is 19.8 Å². The molecule has 3 aromatic rings. The lowest BCUT2D eigenvalue weighted by molar-refractivity contribution is -0.141. The Morgan fingerprint density at radius 1 is 1.19 bits per heavy atom. The minimum Gasteiger partial charge on any atom is -0.248 e. The minimum atomic E-state index is -4.66. The molecular formula is C17H16F3N5O4S2. The van der Waals surface area contributed by atoms with Crippen LogP contribution in [0.5, 0.6) is 0 Å². The van der Waals surface area contributed by atoms with E-state index in [0.29, 0.717) is 18.5 Å². The van der Waals surface area contributed by atoms with Crippen molar-refractivity contribution in [1.29, 1.82) is 0 Å². The summed E-state index contributed by atoms with van der Waals surface area (Å²) in [5.74, 6) is -0.232. The molecule has 1 fully saturated rings. The van der Waals surface area contributed by atoms with Gasteiger partial charge >= 0.3 is 6.18 Å². The summed E-state index contributed by atoms with van der Waals surface area (Å²) in [7, 11) is -6.68. The predicted octanol–water partition coefficient (Wildman–Crippen LogP) is 1.71. The van der Waals surface area contributed by atoms with Gasteiger partial charge in [-0.1, -0.05) is 6.92 Å². The number of sulfone groups is 1. The summed E-state index contributed by atoms with van der Waals surface area (Å²) < 4.78 is 89.8. The van der Waals surface area contributed by atoms with Gasteiger partial charge in [0.05, 0.1) is 27.6 Å². The molecule has 31 heavy (non-hydrogen) atoms. The molecule has 0 atom stereocenters. The Bertz CT molecular complexity index is 1350. The third-order valence-electron chi connectivity index (χ3n) is 4.98. The smallest absolute Gasteiger partial charge is 0.248 e. The van der Waals surface area contributed by atoms with Gasteiger partial charge in [0.2, 0.25) is 10.9 Å². The van der Waals surface area contributed by atoms with Crippen LogP contribution in [0.4, 0.5) is 13.2 Å². The van der Waals surface area contributed by atoms with Crippen LogP contribution in [-0.4, -0.2) is 42.2 Å². The molecule has 1 saturated carbocycles. The Labute approximate surface area is 176 Å². The van der Waals surface area contributed by atoms with Crippen molar-refractivity contribution in [2.75, 3.05) is 5.75 Å². The second-order valence-electron chi connectivity index (χ2n) is 7.04. The Hall–Kier alpha value is -2.58. The first-order valence-corrected chi connectivity index (χ1v) is 11.9. The van der Waals surface area contributed by atoms with Gasteiger partial charge in [0.25, 0.3) is 0 Å². The molecule has 0 saturated heterocycles. The van der Waals surface area contributed by atoms with Crippen molar-refractivity contribution in [3.63, 3.8) is 0 Å². The number of pyridine rings is 1. The highest BCUT2D eigenvalue weighted by Crippen LogP contribution is 2.45. The first kappa shape index (κ1) is 21.6. The van der Waals surface area contributed by atoms with Gasteiger partial charge in [-0.2, -0.15) is 18.3 Å². The zero-order valence-corrected chi connectivity index (χ0v) is 17.6. The number of nitrogens with zero attached hydrogens (tertiary/aromatic N) is 4. The van der Waals surface area contributed by atoms with E-state index in [1.807, 2.05) is 0 Å². The molecule has 0 unspecified atom stereocenters. The normalized spacial score (nSPS) is 16.2. The molecule has 3 aromatic heterocycles. The number of rotatable bonds is 6. The van der Waals surface area contributed by atoms with Gasteiger partial charge in [0.15, 0.2) is 21.2 Å². The van der Waals surface area contributed by atoms with Crippen molar-refractivity contribution < 1.29 is 30.0 Å². The Morgan fingerprint density at radius 3 is 2.48 bits per heavy atom. The third kappa shape index (κ3) is 4.02. The number of aromatic nitrogens is 4. The number of fused-ring (bicyclic) bond motifs is 1. The van der Waals surface area contributed by atoms with Crippen LogP contribution < -0.4 is 4.72 Å². The maximum absolute atomic E-state index is 13.0. The summed E-state index contributed by atoms with van der Waals surface area (Å²) in [4.78, 5) is 8.36. The number of hydrogen-bond donors (Lipinski definition) is 2. The topological polar surface area (TPSA) is 123 Å². The maximum Gasteiger partial charge on any atom is 0.435 e. The lowest BCUT2D eigenvalue weighted by Crippen LogP contribution is -2.28. The SMILES string of the molecule is CCS(=O)(=O)c1ccc(C2(N[SH](=O)=O)CC2)nc1-c1ccn2nc(C(F)(F)F)cc2n1. The first-order valence-electron chi connectivity index (χ1n) is 9.06. The van der Waals surface area contributed by atoms with E-state index in [9.17, 15) is 30.0 Å². The van der Waals surface area contributed by atoms with Gasteiger partial charge in [0.1, 0.15) is 5.69 Å². The van der Waals surface area contributed by atoms with Crippen molar-refractivity contribution in [3.05, 3.63) is 41.9 Å². The standard InChI is InChI=1S/C17H16F3N5O4S2/c1-2-31(28,29)11-3-4-12(16(6-7-16)24-30(26)27)22-15(11)10-5-8-25-14(21-10)9-13(23-25)17(18,19)20/h3-5,8-9,30H,2,6-7H2,1H3,(H,24,26,27). The van der Waals surface area contributed by atoms with Crippen LogP contribution in [0.2, 0.25) is 0 Å². The number of thiol groups is 1. The Balaban J connectivity index is 1.90. The van der Waals surface area contributed by atoms with Gasteiger partial charge in [-0.15, -0.1) is 0 Å². The second-order valence-corrected chi connectivity index (χ2v) is 10.0. The van der Waals surface area contributed by atoms with E-state index in [1.54, 1.807) is 0 Å². The molecule has 166 valence electrons. The fourth-order valence-electron chi connectivity index (χ4n) is 3.18. The highest BCUT2D eigenvalue weighted by molar-refractivity contribution is 7.91. The molecule has 9 nitrogen and oxygen atoms in total. The van der Waals surface area contributed by atoms with Crippen LogP contribution >= 0.6 is 0 Å². The molecular weight excluding hydrogens is 459 g/mol. The van der Waals surface area contributed by atoms with Gasteiger partial charge in [-0.3, -0.25) is 0 Å². The van der Waals surface area contributed by atoms with Gasteiger partial charge in [-0.05, 0) is 31.0 Å². The van der Waals surface area contributed by atoms with Gasteiger partial charge < -0.3 is 0 Å². The fourth-order valence-corrected chi connectivity index (χ4v) is 4.90. The molecule has 0 amide bonds. The molecule has 0 aromatic carbocycles. The van der Waals surface area contributed by atoms with Crippen molar-refractivity contribution in [2.45, 2.75) is 36.4 Å². The van der Waals surface area contributed by atoms with Gasteiger partial charge in [0, 0.05) is 12.3 Å². The van der Waals surface area contributed by atoms with Crippen molar-refractivity contribution >= 4 is 26.4 Å². The van der Waals surface area contributed by atoms with Crippen molar-refractivity contribution in [2.24, 2.45) is 0 Å². The summed E-state index contributed by atoms with van der Waals surface area (Å²) in [6.45, 7) is 1.45. The van der Waals surface area contributed by atoms with E-state index in [4.69, 9.17) is 0 Å². The highest BCUT2D eigenvalue weighted by atomic mass is 32.2. The van der Waals surface area contributed by atoms with Crippen LogP contribution in [0.25, 0.3) is 17.0 Å². The Morgan fingerprint density at radius 2 is 1.90 bits per heavy atom. The predicted molar refractivity (Wildman–Crippen MR) is 103 cm³/mol. The maximum atomic E-state index is 13.0. The van der Waals surface area contributed by atoms with Crippen LogP contribution in [0, 0.1) is 0 Å². The van der Waals surface area contributed by atoms with Crippen LogP contribution in [0.1, 0.15) is 31.2 Å². The third-order valence-corrected chi connectivity index (χ3v) is 7.35.